The number of thioether (sulfide) groups is 1. The number of nitrogens with zero attached hydrogens (tertiary/aromatic N) is 3. The first-order valence-corrected chi connectivity index (χ1v) is 12.6. The first-order valence-electron chi connectivity index (χ1n) is 9.92. The summed E-state index contributed by atoms with van der Waals surface area (Å²) in [4.78, 5) is 13.6. The average Bonchev–Trinajstić information content (AvgIpc) is 3.28. The summed E-state index contributed by atoms with van der Waals surface area (Å²) in [6, 6.07) is 12.4. The van der Waals surface area contributed by atoms with Crippen LogP contribution < -0.4 is 5.32 Å². The molecule has 1 saturated heterocycles. The van der Waals surface area contributed by atoms with Crippen molar-refractivity contribution in [3.63, 3.8) is 0 Å². The SMILES string of the molecule is CSc1ccccc1S(=O)(=O)N1CCC(C(=O)Nc2nnc(-c3ccc(F)cc3)o2)CC1. The number of piperidine rings is 1. The molecule has 11 heteroatoms. The van der Waals surface area contributed by atoms with Crippen molar-refractivity contribution in [2.45, 2.75) is 22.6 Å². The molecule has 2 heterocycles. The minimum atomic E-state index is -3.63. The molecule has 0 saturated carbocycles. The van der Waals surface area contributed by atoms with E-state index in [1.54, 1.807) is 24.3 Å². The molecule has 1 aliphatic rings. The van der Waals surface area contributed by atoms with Gasteiger partial charge in [0.05, 0.1) is 4.90 Å². The van der Waals surface area contributed by atoms with Gasteiger partial charge in [0.15, 0.2) is 0 Å². The molecule has 168 valence electrons. The molecule has 0 radical (unpaired) electrons. The Balaban J connectivity index is 1.37. The summed E-state index contributed by atoms with van der Waals surface area (Å²) in [6.07, 6.45) is 2.60. The zero-order valence-corrected chi connectivity index (χ0v) is 18.8. The highest BCUT2D eigenvalue weighted by Gasteiger charge is 2.33. The van der Waals surface area contributed by atoms with Crippen LogP contribution in [-0.4, -0.2) is 48.2 Å². The predicted molar refractivity (Wildman–Crippen MR) is 118 cm³/mol. The molecule has 0 spiro atoms. The van der Waals surface area contributed by atoms with Crippen molar-refractivity contribution < 1.29 is 22.0 Å². The van der Waals surface area contributed by atoms with Crippen molar-refractivity contribution in [2.75, 3.05) is 24.7 Å². The third-order valence-electron chi connectivity index (χ3n) is 5.26. The minimum absolute atomic E-state index is 0.0572. The van der Waals surface area contributed by atoms with Crippen molar-refractivity contribution in [1.82, 2.24) is 14.5 Å². The minimum Gasteiger partial charge on any atom is -0.403 e. The Morgan fingerprint density at radius 3 is 2.50 bits per heavy atom. The van der Waals surface area contributed by atoms with Gasteiger partial charge in [0, 0.05) is 29.5 Å². The summed E-state index contributed by atoms with van der Waals surface area (Å²) in [5, 5.41) is 10.3. The lowest BCUT2D eigenvalue weighted by Crippen LogP contribution is -2.41. The van der Waals surface area contributed by atoms with E-state index in [-0.39, 0.29) is 47.5 Å². The molecule has 1 aromatic heterocycles. The fraction of sp³-hybridized carbons (Fsp3) is 0.286. The van der Waals surface area contributed by atoms with E-state index in [9.17, 15) is 17.6 Å². The smallest absolute Gasteiger partial charge is 0.322 e. The number of amides is 1. The van der Waals surface area contributed by atoms with Gasteiger partial charge in [-0.05, 0) is 55.5 Å². The van der Waals surface area contributed by atoms with Crippen LogP contribution in [-0.2, 0) is 14.8 Å². The summed E-state index contributed by atoms with van der Waals surface area (Å²) in [7, 11) is -3.63. The predicted octanol–water partition coefficient (Wildman–Crippen LogP) is 3.64. The Morgan fingerprint density at radius 2 is 1.81 bits per heavy atom. The number of anilines is 1. The molecule has 0 atom stereocenters. The van der Waals surface area contributed by atoms with E-state index in [1.807, 2.05) is 6.26 Å². The first kappa shape index (κ1) is 22.4. The quantitative estimate of drug-likeness (QED) is 0.542. The van der Waals surface area contributed by atoms with E-state index in [4.69, 9.17) is 4.42 Å². The number of hydrogen-bond acceptors (Lipinski definition) is 7. The molecule has 0 bridgehead atoms. The highest BCUT2D eigenvalue weighted by molar-refractivity contribution is 7.99. The lowest BCUT2D eigenvalue weighted by Gasteiger charge is -2.30. The molecular formula is C21H21FN4O4S2. The Bertz CT molecular complexity index is 1210. The molecule has 4 rings (SSSR count). The molecule has 1 amide bonds. The Hall–Kier alpha value is -2.76. The van der Waals surface area contributed by atoms with Gasteiger partial charge in [-0.15, -0.1) is 16.9 Å². The Kier molecular flexibility index (Phi) is 6.58. The van der Waals surface area contributed by atoms with Gasteiger partial charge in [0.25, 0.3) is 0 Å². The Labute approximate surface area is 189 Å². The van der Waals surface area contributed by atoms with Gasteiger partial charge in [0.2, 0.25) is 21.8 Å². The highest BCUT2D eigenvalue weighted by Crippen LogP contribution is 2.30. The maximum Gasteiger partial charge on any atom is 0.322 e. The molecule has 8 nitrogen and oxygen atoms in total. The van der Waals surface area contributed by atoms with Crippen molar-refractivity contribution in [1.29, 1.82) is 0 Å². The maximum absolute atomic E-state index is 13.1. The summed E-state index contributed by atoms with van der Waals surface area (Å²) < 4.78 is 46.0. The topological polar surface area (TPSA) is 105 Å². The number of sulfonamides is 1. The lowest BCUT2D eigenvalue weighted by atomic mass is 9.97. The zero-order chi connectivity index (χ0) is 22.7. The number of rotatable bonds is 6. The van der Waals surface area contributed by atoms with Gasteiger partial charge in [-0.3, -0.25) is 10.1 Å². The van der Waals surface area contributed by atoms with Crippen LogP contribution in [0.3, 0.4) is 0 Å². The lowest BCUT2D eigenvalue weighted by molar-refractivity contribution is -0.121. The van der Waals surface area contributed by atoms with E-state index >= 15 is 0 Å². The fourth-order valence-electron chi connectivity index (χ4n) is 3.52. The first-order chi connectivity index (χ1) is 15.4. The van der Waals surface area contributed by atoms with Gasteiger partial charge in [-0.25, -0.2) is 12.8 Å². The molecule has 1 N–H and O–H groups in total. The van der Waals surface area contributed by atoms with Crippen LogP contribution in [0.5, 0.6) is 0 Å². The second-order valence-corrected chi connectivity index (χ2v) is 9.99. The molecule has 2 aromatic carbocycles. The fourth-order valence-corrected chi connectivity index (χ4v) is 6.11. The van der Waals surface area contributed by atoms with Gasteiger partial charge < -0.3 is 4.42 Å². The van der Waals surface area contributed by atoms with Crippen LogP contribution in [0.4, 0.5) is 10.4 Å². The van der Waals surface area contributed by atoms with Crippen molar-refractivity contribution in [2.24, 2.45) is 5.92 Å². The van der Waals surface area contributed by atoms with Crippen LogP contribution in [0, 0.1) is 11.7 Å². The van der Waals surface area contributed by atoms with Crippen LogP contribution in [0.2, 0.25) is 0 Å². The summed E-state index contributed by atoms with van der Waals surface area (Å²) in [6.45, 7) is 0.488. The number of aromatic nitrogens is 2. The molecule has 1 fully saturated rings. The second kappa shape index (κ2) is 9.39. The number of carbonyl (C=O) groups is 1. The van der Waals surface area contributed by atoms with E-state index in [2.05, 4.69) is 15.5 Å². The molecule has 0 unspecified atom stereocenters. The number of hydrogen-bond donors (Lipinski definition) is 1. The van der Waals surface area contributed by atoms with E-state index in [1.165, 1.54) is 40.3 Å². The van der Waals surface area contributed by atoms with Crippen LogP contribution in [0.1, 0.15) is 12.8 Å². The number of benzene rings is 2. The third-order valence-corrected chi connectivity index (χ3v) is 8.14. The third kappa shape index (κ3) is 4.69. The number of carbonyl (C=O) groups excluding carboxylic acids is 1. The molecule has 1 aliphatic heterocycles. The Morgan fingerprint density at radius 1 is 1.12 bits per heavy atom. The van der Waals surface area contributed by atoms with Crippen molar-refractivity contribution in [3.05, 3.63) is 54.3 Å². The standard InChI is InChI=1S/C21H21FN4O4S2/c1-31-17-4-2-3-5-18(17)32(28,29)26-12-10-14(11-13-26)19(27)23-21-25-24-20(30-21)15-6-8-16(22)9-7-15/h2-9,14H,10-13H2,1H3,(H,23,25,27). The van der Waals surface area contributed by atoms with E-state index < -0.39 is 10.0 Å². The van der Waals surface area contributed by atoms with Crippen LogP contribution >= 0.6 is 11.8 Å². The largest absolute Gasteiger partial charge is 0.403 e. The normalized spacial score (nSPS) is 15.6. The van der Waals surface area contributed by atoms with Crippen LogP contribution in [0.15, 0.2) is 62.7 Å². The number of nitrogens with one attached hydrogen (secondary N) is 1. The van der Waals surface area contributed by atoms with Crippen LogP contribution in [0.25, 0.3) is 11.5 Å². The zero-order valence-electron chi connectivity index (χ0n) is 17.2. The second-order valence-electron chi connectivity index (χ2n) is 7.24. The van der Waals surface area contributed by atoms with Gasteiger partial charge in [0.1, 0.15) is 5.82 Å². The number of halogens is 1. The summed E-state index contributed by atoms with van der Waals surface area (Å²) in [5.74, 6) is -0.903. The van der Waals surface area contributed by atoms with Gasteiger partial charge >= 0.3 is 6.01 Å². The summed E-state index contributed by atoms with van der Waals surface area (Å²) in [5.41, 5.74) is 0.531. The molecular weight excluding hydrogens is 455 g/mol. The highest BCUT2D eigenvalue weighted by atomic mass is 32.2. The molecule has 32 heavy (non-hydrogen) atoms. The van der Waals surface area contributed by atoms with E-state index in [0.29, 0.717) is 23.3 Å². The maximum atomic E-state index is 13.1. The van der Waals surface area contributed by atoms with Crippen molar-refractivity contribution in [3.8, 4) is 11.5 Å². The molecule has 0 aliphatic carbocycles. The van der Waals surface area contributed by atoms with Gasteiger partial charge in [-0.2, -0.15) is 4.31 Å². The van der Waals surface area contributed by atoms with E-state index in [0.717, 1.165) is 0 Å². The van der Waals surface area contributed by atoms with Crippen molar-refractivity contribution >= 4 is 33.7 Å². The van der Waals surface area contributed by atoms with Gasteiger partial charge in [-0.1, -0.05) is 17.2 Å². The monoisotopic (exact) mass is 476 g/mol. The molecule has 3 aromatic rings. The summed E-state index contributed by atoms with van der Waals surface area (Å²) >= 11 is 1.38. The average molecular weight is 477 g/mol.